The topological polar surface area (TPSA) is 49.4 Å². The molecule has 4 nitrogen and oxygen atoms in total. The summed E-state index contributed by atoms with van der Waals surface area (Å²) in [5.74, 6) is -0.150. The molecular formula is C22H24N2O2S2. The second-order valence-corrected chi connectivity index (χ2v) is 9.08. The molecule has 146 valence electrons. The minimum absolute atomic E-state index is 0.180. The molecule has 28 heavy (non-hydrogen) atoms. The monoisotopic (exact) mass is 412 g/mol. The van der Waals surface area contributed by atoms with Gasteiger partial charge in [0.15, 0.2) is 5.37 Å². The van der Waals surface area contributed by atoms with Crippen molar-refractivity contribution in [1.82, 2.24) is 5.32 Å². The van der Waals surface area contributed by atoms with Crippen molar-refractivity contribution in [3.8, 4) is 0 Å². The van der Waals surface area contributed by atoms with Crippen LogP contribution < -0.4 is 10.2 Å². The molecule has 2 atom stereocenters. The Morgan fingerprint density at radius 2 is 1.75 bits per heavy atom. The first-order chi connectivity index (χ1) is 13.4. The maximum absolute atomic E-state index is 12.8. The maximum atomic E-state index is 12.8. The van der Waals surface area contributed by atoms with E-state index in [0.29, 0.717) is 10.2 Å². The second-order valence-electron chi connectivity index (χ2n) is 7.34. The van der Waals surface area contributed by atoms with Crippen LogP contribution in [-0.2, 0) is 16.0 Å². The van der Waals surface area contributed by atoms with E-state index in [0.717, 1.165) is 17.7 Å². The first-order valence-corrected chi connectivity index (χ1v) is 10.6. The summed E-state index contributed by atoms with van der Waals surface area (Å²) in [6.07, 6.45) is 1.01. The molecule has 1 aliphatic rings. The van der Waals surface area contributed by atoms with Crippen molar-refractivity contribution in [2.24, 2.45) is 5.92 Å². The van der Waals surface area contributed by atoms with Crippen LogP contribution in [0.2, 0.25) is 0 Å². The van der Waals surface area contributed by atoms with Crippen LogP contribution in [0, 0.1) is 5.92 Å². The van der Waals surface area contributed by atoms with Crippen molar-refractivity contribution in [2.45, 2.75) is 38.5 Å². The van der Waals surface area contributed by atoms with Crippen LogP contribution in [0.5, 0.6) is 0 Å². The number of nitrogens with one attached hydrogen (secondary N) is 1. The van der Waals surface area contributed by atoms with Crippen molar-refractivity contribution in [3.05, 3.63) is 65.7 Å². The highest BCUT2D eigenvalue weighted by atomic mass is 32.2. The predicted octanol–water partition coefficient (Wildman–Crippen LogP) is 4.50. The minimum atomic E-state index is -0.692. The van der Waals surface area contributed by atoms with Gasteiger partial charge >= 0.3 is 0 Å². The first-order valence-electron chi connectivity index (χ1n) is 9.35. The van der Waals surface area contributed by atoms with Gasteiger partial charge in [0.25, 0.3) is 5.91 Å². The highest BCUT2D eigenvalue weighted by Gasteiger charge is 2.39. The molecule has 2 amide bonds. The second kappa shape index (κ2) is 8.88. The van der Waals surface area contributed by atoms with E-state index in [-0.39, 0.29) is 17.7 Å². The number of rotatable bonds is 6. The Labute approximate surface area is 175 Å². The molecule has 2 aromatic carbocycles. The lowest BCUT2D eigenvalue weighted by Gasteiger charge is -2.17. The molecule has 0 aliphatic carbocycles. The quantitative estimate of drug-likeness (QED) is 0.710. The van der Waals surface area contributed by atoms with Gasteiger partial charge in [0.2, 0.25) is 5.91 Å². The average Bonchev–Trinajstić information content (AvgIpc) is 2.95. The van der Waals surface area contributed by atoms with Crippen LogP contribution in [0.3, 0.4) is 0 Å². The largest absolute Gasteiger partial charge is 0.335 e. The van der Waals surface area contributed by atoms with Crippen molar-refractivity contribution in [1.29, 1.82) is 0 Å². The Morgan fingerprint density at radius 3 is 2.36 bits per heavy atom. The summed E-state index contributed by atoms with van der Waals surface area (Å²) in [5, 5.41) is 2.16. The summed E-state index contributed by atoms with van der Waals surface area (Å²) in [6, 6.07) is 17.4. The maximum Gasteiger partial charge on any atom is 0.266 e. The summed E-state index contributed by atoms with van der Waals surface area (Å²) in [6.45, 7) is 6.22. The minimum Gasteiger partial charge on any atom is -0.335 e. The Bertz CT molecular complexity index is 866. The van der Waals surface area contributed by atoms with Gasteiger partial charge in [0.1, 0.15) is 4.32 Å². The summed E-state index contributed by atoms with van der Waals surface area (Å²) >= 11 is 6.56. The number of hydrogen-bond acceptors (Lipinski definition) is 4. The fourth-order valence-corrected chi connectivity index (χ4v) is 4.50. The molecule has 1 heterocycles. The van der Waals surface area contributed by atoms with Gasteiger partial charge in [-0.3, -0.25) is 14.5 Å². The molecule has 0 radical (unpaired) electrons. The zero-order chi connectivity index (χ0) is 20.3. The van der Waals surface area contributed by atoms with Crippen molar-refractivity contribution >= 4 is 45.8 Å². The number of benzene rings is 2. The molecule has 0 spiro atoms. The number of anilines is 1. The highest BCUT2D eigenvalue weighted by Crippen LogP contribution is 2.31. The Balaban J connectivity index is 1.66. The molecule has 1 saturated heterocycles. The molecule has 1 aliphatic heterocycles. The highest BCUT2D eigenvalue weighted by molar-refractivity contribution is 8.25. The van der Waals surface area contributed by atoms with E-state index in [2.05, 4.69) is 31.3 Å². The Kier molecular flexibility index (Phi) is 6.52. The van der Waals surface area contributed by atoms with Gasteiger partial charge in [-0.25, -0.2) is 0 Å². The normalized spacial score (nSPS) is 17.9. The summed E-state index contributed by atoms with van der Waals surface area (Å²) < 4.78 is 0.451. The van der Waals surface area contributed by atoms with E-state index in [1.54, 1.807) is 0 Å². The molecule has 0 bridgehead atoms. The lowest BCUT2D eigenvalue weighted by Crippen LogP contribution is -2.42. The Hall–Kier alpha value is -2.18. The smallest absolute Gasteiger partial charge is 0.266 e. The van der Waals surface area contributed by atoms with Gasteiger partial charge in [0, 0.05) is 0 Å². The first kappa shape index (κ1) is 20.6. The number of carbonyl (C=O) groups excluding carboxylic acids is 2. The van der Waals surface area contributed by atoms with E-state index < -0.39 is 5.37 Å². The van der Waals surface area contributed by atoms with E-state index in [1.165, 1.54) is 22.2 Å². The van der Waals surface area contributed by atoms with Crippen LogP contribution in [0.15, 0.2) is 54.6 Å². The van der Waals surface area contributed by atoms with E-state index in [9.17, 15) is 9.59 Å². The van der Waals surface area contributed by atoms with E-state index in [4.69, 9.17) is 12.2 Å². The molecule has 2 unspecified atom stereocenters. The Morgan fingerprint density at radius 1 is 1.11 bits per heavy atom. The number of thiocarbonyl (C=S) groups is 1. The van der Waals surface area contributed by atoms with Crippen molar-refractivity contribution in [3.63, 3.8) is 0 Å². The van der Waals surface area contributed by atoms with Crippen molar-refractivity contribution in [2.75, 3.05) is 4.90 Å². The van der Waals surface area contributed by atoms with E-state index >= 15 is 0 Å². The third-order valence-corrected chi connectivity index (χ3v) is 6.06. The SMILES string of the molecule is CC(C)Cc1ccc(C(C)C(=O)NC2SC(=S)N(c3ccccc3)C2=O)cc1. The molecule has 0 saturated carbocycles. The molecule has 1 fully saturated rings. The van der Waals surface area contributed by atoms with Crippen LogP contribution in [0.25, 0.3) is 0 Å². The standard InChI is InChI=1S/C22H24N2O2S2/c1-14(2)13-16-9-11-17(12-10-16)15(3)19(25)23-20-21(26)24(22(27)28-20)18-7-5-4-6-8-18/h4-12,14-15,20H,13H2,1-3H3,(H,23,25). The fraction of sp³-hybridized carbons (Fsp3) is 0.318. The predicted molar refractivity (Wildman–Crippen MR) is 119 cm³/mol. The number of thioether (sulfide) groups is 1. The summed E-state index contributed by atoms with van der Waals surface area (Å²) in [4.78, 5) is 27.0. The van der Waals surface area contributed by atoms with Crippen LogP contribution in [0.1, 0.15) is 37.8 Å². The third-order valence-electron chi connectivity index (χ3n) is 4.65. The van der Waals surface area contributed by atoms with E-state index in [1.807, 2.05) is 49.4 Å². The molecule has 2 aromatic rings. The zero-order valence-electron chi connectivity index (χ0n) is 16.2. The molecule has 3 rings (SSSR count). The molecule has 0 aromatic heterocycles. The number of nitrogens with zero attached hydrogens (tertiary/aromatic N) is 1. The summed E-state index contributed by atoms with van der Waals surface area (Å²) in [7, 11) is 0. The van der Waals surface area contributed by atoms with Gasteiger partial charge < -0.3 is 5.32 Å². The summed E-state index contributed by atoms with van der Waals surface area (Å²) in [5.41, 5.74) is 2.91. The van der Waals surface area contributed by atoms with Gasteiger partial charge in [-0.05, 0) is 42.5 Å². The number of amides is 2. The molecule has 6 heteroatoms. The molecular weight excluding hydrogens is 388 g/mol. The third kappa shape index (κ3) is 4.62. The van der Waals surface area contributed by atoms with Crippen LogP contribution in [-0.4, -0.2) is 21.5 Å². The average molecular weight is 413 g/mol. The van der Waals surface area contributed by atoms with Gasteiger partial charge in [-0.15, -0.1) is 0 Å². The number of carbonyl (C=O) groups is 2. The molecule has 1 N–H and O–H groups in total. The fourth-order valence-electron chi connectivity index (χ4n) is 3.13. The zero-order valence-corrected chi connectivity index (χ0v) is 17.8. The van der Waals surface area contributed by atoms with Crippen molar-refractivity contribution < 1.29 is 9.59 Å². The van der Waals surface area contributed by atoms with Gasteiger partial charge in [-0.1, -0.05) is 80.3 Å². The van der Waals surface area contributed by atoms with Crippen LogP contribution in [0.4, 0.5) is 5.69 Å². The van der Waals surface area contributed by atoms with Gasteiger partial charge in [0.05, 0.1) is 11.6 Å². The van der Waals surface area contributed by atoms with Gasteiger partial charge in [-0.2, -0.15) is 0 Å². The number of para-hydroxylation sites is 1. The lowest BCUT2D eigenvalue weighted by molar-refractivity contribution is -0.125. The number of hydrogen-bond donors (Lipinski definition) is 1. The lowest BCUT2D eigenvalue weighted by atomic mass is 9.96. The van der Waals surface area contributed by atoms with Crippen LogP contribution >= 0.6 is 24.0 Å².